The fraction of sp³-hybridized carbons (Fsp3) is 0.571. The molecule has 1 aliphatic rings. The van der Waals surface area contributed by atoms with Crippen LogP contribution in [-0.4, -0.2) is 19.6 Å². The Kier molecular flexibility index (Phi) is 4.60. The Morgan fingerprint density at radius 3 is 2.37 bits per heavy atom. The van der Waals surface area contributed by atoms with Crippen molar-refractivity contribution in [2.24, 2.45) is 5.92 Å². The molecule has 2 rings (SSSR count). The summed E-state index contributed by atoms with van der Waals surface area (Å²) in [7, 11) is -3.27. The van der Waals surface area contributed by atoms with Crippen LogP contribution in [0, 0.1) is 5.92 Å². The van der Waals surface area contributed by atoms with Gasteiger partial charge in [-0.15, -0.1) is 0 Å². The van der Waals surface area contributed by atoms with Gasteiger partial charge < -0.3 is 5.11 Å². The topological polar surface area (TPSA) is 66.4 Å². The Bertz CT molecular complexity index is 510. The summed E-state index contributed by atoms with van der Waals surface area (Å²) in [6.07, 6.45) is 2.96. The highest BCUT2D eigenvalue weighted by atomic mass is 32.2. The first-order valence-electron chi connectivity index (χ1n) is 6.67. The second-order valence-electron chi connectivity index (χ2n) is 5.47. The van der Waals surface area contributed by atoms with E-state index in [0.717, 1.165) is 30.4 Å². The van der Waals surface area contributed by atoms with Crippen molar-refractivity contribution < 1.29 is 13.5 Å². The van der Waals surface area contributed by atoms with Crippen LogP contribution < -0.4 is 4.72 Å². The van der Waals surface area contributed by atoms with Gasteiger partial charge in [-0.2, -0.15) is 0 Å². The van der Waals surface area contributed by atoms with E-state index in [1.165, 1.54) is 0 Å². The molecule has 1 aliphatic carbocycles. The van der Waals surface area contributed by atoms with E-state index in [2.05, 4.69) is 11.6 Å². The number of aliphatic hydroxyl groups excluding tert-OH is 1. The average Bonchev–Trinajstić information content (AvgIpc) is 2.74. The van der Waals surface area contributed by atoms with E-state index in [0.29, 0.717) is 5.92 Å². The molecule has 2 unspecified atom stereocenters. The van der Waals surface area contributed by atoms with Crippen LogP contribution in [0.2, 0.25) is 0 Å². The van der Waals surface area contributed by atoms with Crippen LogP contribution >= 0.6 is 0 Å². The zero-order valence-electron chi connectivity index (χ0n) is 11.2. The minimum Gasteiger partial charge on any atom is -0.392 e. The highest BCUT2D eigenvalue weighted by Crippen LogP contribution is 2.25. The molecule has 4 nitrogen and oxygen atoms in total. The van der Waals surface area contributed by atoms with Gasteiger partial charge in [-0.3, -0.25) is 0 Å². The lowest BCUT2D eigenvalue weighted by Crippen LogP contribution is -2.33. The van der Waals surface area contributed by atoms with Crippen molar-refractivity contribution in [1.29, 1.82) is 0 Å². The molecule has 19 heavy (non-hydrogen) atoms. The third-order valence-corrected chi connectivity index (χ3v) is 5.01. The van der Waals surface area contributed by atoms with Crippen molar-refractivity contribution in [3.05, 3.63) is 35.4 Å². The van der Waals surface area contributed by atoms with Gasteiger partial charge in [-0.25, -0.2) is 13.1 Å². The molecule has 0 bridgehead atoms. The van der Waals surface area contributed by atoms with Gasteiger partial charge in [-0.1, -0.05) is 31.2 Å². The molecule has 1 saturated carbocycles. The Morgan fingerprint density at radius 2 is 1.84 bits per heavy atom. The molecular formula is C14H21NO3S. The summed E-state index contributed by atoms with van der Waals surface area (Å²) < 4.78 is 26.9. The Hall–Kier alpha value is -0.910. The van der Waals surface area contributed by atoms with Gasteiger partial charge >= 0.3 is 0 Å². The summed E-state index contributed by atoms with van der Waals surface area (Å²) in [6.45, 7) is 2.13. The number of hydrogen-bond acceptors (Lipinski definition) is 3. The molecule has 0 saturated heterocycles. The van der Waals surface area contributed by atoms with Crippen molar-refractivity contribution in [2.45, 2.75) is 44.6 Å². The zero-order chi connectivity index (χ0) is 13.9. The van der Waals surface area contributed by atoms with Crippen LogP contribution in [0.15, 0.2) is 24.3 Å². The molecule has 1 aromatic carbocycles. The Labute approximate surface area is 114 Å². The van der Waals surface area contributed by atoms with Crippen molar-refractivity contribution in [3.8, 4) is 0 Å². The smallest absolute Gasteiger partial charge is 0.216 e. The summed E-state index contributed by atoms with van der Waals surface area (Å²) in [6, 6.07) is 7.10. The second-order valence-corrected chi connectivity index (χ2v) is 7.22. The molecule has 2 atom stereocenters. The van der Waals surface area contributed by atoms with Crippen LogP contribution in [-0.2, 0) is 22.4 Å². The first-order chi connectivity index (χ1) is 8.98. The molecule has 0 aliphatic heterocycles. The predicted octanol–water partition coefficient (Wildman–Crippen LogP) is 1.79. The highest BCUT2D eigenvalue weighted by molar-refractivity contribution is 7.88. The normalized spacial score (nSPS) is 23.7. The summed E-state index contributed by atoms with van der Waals surface area (Å²) in [5.41, 5.74) is 1.54. The quantitative estimate of drug-likeness (QED) is 0.865. The molecule has 2 N–H and O–H groups in total. The molecular weight excluding hydrogens is 262 g/mol. The number of benzene rings is 1. The molecule has 0 aromatic heterocycles. The minimum absolute atomic E-state index is 0.00356. The van der Waals surface area contributed by atoms with Crippen LogP contribution in [0.3, 0.4) is 0 Å². The summed E-state index contributed by atoms with van der Waals surface area (Å²) in [4.78, 5) is 0. The van der Waals surface area contributed by atoms with Gasteiger partial charge in [0.15, 0.2) is 0 Å². The van der Waals surface area contributed by atoms with Gasteiger partial charge in [0.2, 0.25) is 10.0 Å². The van der Waals surface area contributed by atoms with Crippen molar-refractivity contribution >= 4 is 10.0 Å². The van der Waals surface area contributed by atoms with Crippen LogP contribution in [0.5, 0.6) is 0 Å². The van der Waals surface area contributed by atoms with Crippen molar-refractivity contribution in [3.63, 3.8) is 0 Å². The van der Waals surface area contributed by atoms with E-state index in [4.69, 9.17) is 5.11 Å². The first kappa shape index (κ1) is 14.5. The molecule has 1 aromatic rings. The SMILES string of the molecule is CC1CCC(NS(=O)(=O)Cc2ccc(CO)cc2)C1. The zero-order valence-corrected chi connectivity index (χ0v) is 12.0. The van der Waals surface area contributed by atoms with E-state index in [9.17, 15) is 8.42 Å². The lowest BCUT2D eigenvalue weighted by atomic mass is 10.1. The molecule has 0 radical (unpaired) electrons. The van der Waals surface area contributed by atoms with Crippen LogP contribution in [0.1, 0.15) is 37.3 Å². The van der Waals surface area contributed by atoms with E-state index < -0.39 is 10.0 Å². The van der Waals surface area contributed by atoms with Gasteiger partial charge in [0, 0.05) is 6.04 Å². The van der Waals surface area contributed by atoms with Gasteiger partial charge in [0.1, 0.15) is 0 Å². The maximum Gasteiger partial charge on any atom is 0.216 e. The largest absolute Gasteiger partial charge is 0.392 e. The first-order valence-corrected chi connectivity index (χ1v) is 8.32. The monoisotopic (exact) mass is 283 g/mol. The molecule has 5 heteroatoms. The number of sulfonamides is 1. The summed E-state index contributed by atoms with van der Waals surface area (Å²) >= 11 is 0. The third kappa shape index (κ3) is 4.30. The van der Waals surface area contributed by atoms with E-state index in [1.54, 1.807) is 24.3 Å². The van der Waals surface area contributed by atoms with Gasteiger partial charge in [0.25, 0.3) is 0 Å². The lowest BCUT2D eigenvalue weighted by Gasteiger charge is -2.13. The van der Waals surface area contributed by atoms with E-state index >= 15 is 0 Å². The van der Waals surface area contributed by atoms with E-state index in [1.807, 2.05) is 0 Å². The molecule has 0 spiro atoms. The van der Waals surface area contributed by atoms with Gasteiger partial charge in [0.05, 0.1) is 12.4 Å². The lowest BCUT2D eigenvalue weighted by molar-refractivity contribution is 0.282. The minimum atomic E-state index is -3.27. The predicted molar refractivity (Wildman–Crippen MR) is 74.9 cm³/mol. The molecule has 0 heterocycles. The summed E-state index contributed by atoms with van der Waals surface area (Å²) in [5, 5.41) is 8.95. The van der Waals surface area contributed by atoms with E-state index in [-0.39, 0.29) is 18.4 Å². The maximum absolute atomic E-state index is 12.1. The number of aliphatic hydroxyl groups is 1. The maximum atomic E-state index is 12.1. The third-order valence-electron chi connectivity index (χ3n) is 3.60. The fourth-order valence-corrected chi connectivity index (χ4v) is 4.01. The second kappa shape index (κ2) is 6.03. The van der Waals surface area contributed by atoms with Crippen LogP contribution in [0.25, 0.3) is 0 Å². The van der Waals surface area contributed by atoms with Gasteiger partial charge in [-0.05, 0) is 36.3 Å². The number of nitrogens with one attached hydrogen (secondary N) is 1. The number of hydrogen-bond donors (Lipinski definition) is 2. The number of rotatable bonds is 5. The average molecular weight is 283 g/mol. The molecule has 1 fully saturated rings. The molecule has 0 amide bonds. The molecule has 106 valence electrons. The fourth-order valence-electron chi connectivity index (χ4n) is 2.57. The Balaban J connectivity index is 1.96. The summed E-state index contributed by atoms with van der Waals surface area (Å²) in [5.74, 6) is 0.611. The highest BCUT2D eigenvalue weighted by Gasteiger charge is 2.25. The Morgan fingerprint density at radius 1 is 1.21 bits per heavy atom. The standard InChI is InChI=1S/C14H21NO3S/c1-11-2-7-14(8-11)15-19(17,18)10-13-5-3-12(9-16)4-6-13/h3-6,11,14-16H,2,7-10H2,1H3. The van der Waals surface area contributed by atoms with Crippen molar-refractivity contribution in [1.82, 2.24) is 4.72 Å². The van der Waals surface area contributed by atoms with Crippen molar-refractivity contribution in [2.75, 3.05) is 0 Å². The van der Waals surface area contributed by atoms with Crippen LogP contribution in [0.4, 0.5) is 0 Å².